The van der Waals surface area contributed by atoms with E-state index < -0.39 is 17.7 Å². The second-order valence-electron chi connectivity index (χ2n) is 6.93. The molecule has 1 fully saturated rings. The normalized spacial score (nSPS) is 20.2. The smallest absolute Gasteiger partial charge is 0.325 e. The van der Waals surface area contributed by atoms with E-state index in [-0.39, 0.29) is 19.1 Å². The summed E-state index contributed by atoms with van der Waals surface area (Å²) in [6.07, 6.45) is 0.383. The lowest BCUT2D eigenvalue weighted by molar-refractivity contribution is -0.132. The number of hydrogen-bond donors (Lipinski definition) is 2. The third kappa shape index (κ3) is 3.87. The summed E-state index contributed by atoms with van der Waals surface area (Å²) in [5.74, 6) is 0.290. The Morgan fingerprint density at radius 1 is 1.07 bits per heavy atom. The topological polar surface area (TPSA) is 78.9 Å². The maximum Gasteiger partial charge on any atom is 0.325 e. The zero-order chi connectivity index (χ0) is 20.1. The molecule has 0 bridgehead atoms. The number of rotatable bonds is 8. The average Bonchev–Trinajstić information content (AvgIpc) is 2.98. The largest absolute Gasteiger partial charge is 0.491 e. The van der Waals surface area contributed by atoms with Gasteiger partial charge in [0, 0.05) is 0 Å². The van der Waals surface area contributed by atoms with Crippen molar-refractivity contribution in [3.8, 4) is 5.75 Å². The third-order valence-corrected chi connectivity index (χ3v) is 5.14. The molecule has 3 rings (SSSR count). The second-order valence-corrected chi connectivity index (χ2v) is 6.93. The van der Waals surface area contributed by atoms with Gasteiger partial charge in [0.15, 0.2) is 0 Å². The van der Waals surface area contributed by atoms with Crippen LogP contribution < -0.4 is 10.1 Å². The van der Waals surface area contributed by atoms with Crippen molar-refractivity contribution in [2.75, 3.05) is 13.2 Å². The van der Waals surface area contributed by atoms with Crippen LogP contribution in [-0.4, -0.2) is 41.2 Å². The lowest BCUT2D eigenvalue weighted by atomic mass is 9.87. The number of aryl methyl sites for hydroxylation is 1. The minimum Gasteiger partial charge on any atom is -0.491 e. The summed E-state index contributed by atoms with van der Waals surface area (Å²) in [6, 6.07) is 16.3. The molecule has 1 saturated heterocycles. The van der Waals surface area contributed by atoms with Gasteiger partial charge in [0.05, 0.1) is 6.54 Å². The molecule has 1 aliphatic heterocycles. The Hall–Kier alpha value is -2.86. The number of aliphatic hydroxyl groups is 1. The van der Waals surface area contributed by atoms with Crippen LogP contribution in [0.4, 0.5) is 4.79 Å². The van der Waals surface area contributed by atoms with Gasteiger partial charge < -0.3 is 15.2 Å². The number of carbonyl (C=O) groups is 2. The Morgan fingerprint density at radius 3 is 2.36 bits per heavy atom. The molecule has 148 valence electrons. The van der Waals surface area contributed by atoms with Crippen LogP contribution in [0.25, 0.3) is 0 Å². The second kappa shape index (κ2) is 8.44. The maximum absolute atomic E-state index is 13.0. The highest BCUT2D eigenvalue weighted by Crippen LogP contribution is 2.32. The summed E-state index contributed by atoms with van der Waals surface area (Å²) in [7, 11) is 0. The minimum absolute atomic E-state index is 0.00695. The quantitative estimate of drug-likeness (QED) is 0.688. The molecule has 2 N–H and O–H groups in total. The molecule has 0 unspecified atom stereocenters. The first-order chi connectivity index (χ1) is 13.5. The number of amides is 3. The summed E-state index contributed by atoms with van der Waals surface area (Å²) >= 11 is 0. The van der Waals surface area contributed by atoms with Crippen molar-refractivity contribution in [1.29, 1.82) is 0 Å². The number of imide groups is 1. The SMILES string of the molecule is CCc1ccc(OC[C@H](O)CN2C(=O)N[C@](CC)(c3ccccc3)C2=O)cc1. The van der Waals surface area contributed by atoms with Crippen LogP contribution >= 0.6 is 0 Å². The van der Waals surface area contributed by atoms with Gasteiger partial charge in [-0.3, -0.25) is 9.69 Å². The Balaban J connectivity index is 1.64. The highest BCUT2D eigenvalue weighted by atomic mass is 16.5. The fourth-order valence-electron chi connectivity index (χ4n) is 3.43. The van der Waals surface area contributed by atoms with Gasteiger partial charge in [0.2, 0.25) is 0 Å². The van der Waals surface area contributed by atoms with Gasteiger partial charge in [-0.1, -0.05) is 56.3 Å². The van der Waals surface area contributed by atoms with Gasteiger partial charge >= 0.3 is 6.03 Å². The molecule has 2 aromatic carbocycles. The van der Waals surface area contributed by atoms with Crippen molar-refractivity contribution in [3.63, 3.8) is 0 Å². The Kier molecular flexibility index (Phi) is 5.99. The summed E-state index contributed by atoms with van der Waals surface area (Å²) in [6.45, 7) is 3.80. The van der Waals surface area contributed by atoms with E-state index in [4.69, 9.17) is 4.74 Å². The molecular weight excluding hydrogens is 356 g/mol. The van der Waals surface area contributed by atoms with Crippen LogP contribution in [0.5, 0.6) is 5.75 Å². The van der Waals surface area contributed by atoms with E-state index in [0.29, 0.717) is 12.2 Å². The zero-order valence-corrected chi connectivity index (χ0v) is 16.2. The molecule has 2 atom stereocenters. The van der Waals surface area contributed by atoms with Gasteiger partial charge in [-0.2, -0.15) is 0 Å². The number of urea groups is 1. The zero-order valence-electron chi connectivity index (χ0n) is 16.2. The lowest BCUT2D eigenvalue weighted by Gasteiger charge is -2.26. The van der Waals surface area contributed by atoms with Crippen LogP contribution in [0.15, 0.2) is 54.6 Å². The van der Waals surface area contributed by atoms with E-state index in [2.05, 4.69) is 12.2 Å². The van der Waals surface area contributed by atoms with Crippen LogP contribution in [0.3, 0.4) is 0 Å². The summed E-state index contributed by atoms with van der Waals surface area (Å²) in [5, 5.41) is 13.1. The molecule has 0 radical (unpaired) electrons. The van der Waals surface area contributed by atoms with Crippen molar-refractivity contribution in [2.45, 2.75) is 38.3 Å². The number of ether oxygens (including phenoxy) is 1. The van der Waals surface area contributed by atoms with Gasteiger partial charge in [0.25, 0.3) is 5.91 Å². The molecule has 1 aliphatic rings. The fourth-order valence-corrected chi connectivity index (χ4v) is 3.43. The van der Waals surface area contributed by atoms with E-state index in [1.54, 1.807) is 0 Å². The summed E-state index contributed by atoms with van der Waals surface area (Å²) in [4.78, 5) is 26.6. The minimum atomic E-state index is -1.09. The first-order valence-electron chi connectivity index (χ1n) is 9.59. The first-order valence-corrected chi connectivity index (χ1v) is 9.59. The highest BCUT2D eigenvalue weighted by Gasteiger charge is 2.51. The molecule has 1 heterocycles. The molecular formula is C22H26N2O4. The Labute approximate surface area is 165 Å². The van der Waals surface area contributed by atoms with Crippen LogP contribution in [-0.2, 0) is 16.8 Å². The highest BCUT2D eigenvalue weighted by molar-refractivity contribution is 6.07. The molecule has 6 heteroatoms. The van der Waals surface area contributed by atoms with Gasteiger partial charge in [-0.25, -0.2) is 4.79 Å². The molecule has 28 heavy (non-hydrogen) atoms. The monoisotopic (exact) mass is 382 g/mol. The lowest BCUT2D eigenvalue weighted by Crippen LogP contribution is -2.44. The molecule has 2 aromatic rings. The fraction of sp³-hybridized carbons (Fsp3) is 0.364. The Bertz CT molecular complexity index is 822. The number of hydrogen-bond acceptors (Lipinski definition) is 4. The van der Waals surface area contributed by atoms with Crippen molar-refractivity contribution in [1.82, 2.24) is 10.2 Å². The number of benzene rings is 2. The molecule has 0 spiro atoms. The van der Waals surface area contributed by atoms with Crippen molar-refractivity contribution >= 4 is 11.9 Å². The number of carbonyl (C=O) groups excluding carboxylic acids is 2. The number of nitrogens with zero attached hydrogens (tertiary/aromatic N) is 1. The van der Waals surface area contributed by atoms with E-state index in [9.17, 15) is 14.7 Å². The van der Waals surface area contributed by atoms with Gasteiger partial charge in [0.1, 0.15) is 24.0 Å². The van der Waals surface area contributed by atoms with Crippen molar-refractivity contribution < 1.29 is 19.4 Å². The summed E-state index contributed by atoms with van der Waals surface area (Å²) in [5.41, 5.74) is 0.846. The average molecular weight is 382 g/mol. The van der Waals surface area contributed by atoms with E-state index in [1.807, 2.05) is 61.5 Å². The molecule has 0 aromatic heterocycles. The van der Waals surface area contributed by atoms with Crippen LogP contribution in [0, 0.1) is 0 Å². The summed E-state index contributed by atoms with van der Waals surface area (Å²) < 4.78 is 5.59. The third-order valence-electron chi connectivity index (χ3n) is 5.14. The number of nitrogens with one attached hydrogen (secondary N) is 1. The predicted octanol–water partition coefficient (Wildman–Crippen LogP) is 2.85. The van der Waals surface area contributed by atoms with Crippen LogP contribution in [0.2, 0.25) is 0 Å². The van der Waals surface area contributed by atoms with E-state index in [1.165, 1.54) is 5.56 Å². The van der Waals surface area contributed by atoms with Crippen molar-refractivity contribution in [2.24, 2.45) is 0 Å². The standard InChI is InChI=1S/C22H26N2O4/c1-3-16-10-12-19(13-11-16)28-15-18(25)14-24-20(26)22(4-2,23-21(24)27)17-8-6-5-7-9-17/h5-13,18,25H,3-4,14-15H2,1-2H3,(H,23,27)/t18-,22-/m1/s1. The molecule has 0 saturated carbocycles. The maximum atomic E-state index is 13.0. The molecule has 3 amide bonds. The number of β-amino-alcohol motifs (C(OH)–C–C–N with tert-alkyl or cyclic N) is 1. The molecule has 6 nitrogen and oxygen atoms in total. The van der Waals surface area contributed by atoms with E-state index >= 15 is 0 Å². The Morgan fingerprint density at radius 2 is 1.75 bits per heavy atom. The first kappa shape index (κ1) is 19.9. The van der Waals surface area contributed by atoms with Gasteiger partial charge in [-0.15, -0.1) is 0 Å². The van der Waals surface area contributed by atoms with E-state index in [0.717, 1.165) is 16.9 Å². The molecule has 0 aliphatic carbocycles. The van der Waals surface area contributed by atoms with Crippen molar-refractivity contribution in [3.05, 3.63) is 65.7 Å². The number of aliphatic hydroxyl groups excluding tert-OH is 1. The van der Waals surface area contributed by atoms with Crippen LogP contribution in [0.1, 0.15) is 31.4 Å². The van der Waals surface area contributed by atoms with Gasteiger partial charge in [-0.05, 0) is 36.1 Å². The predicted molar refractivity (Wildman–Crippen MR) is 106 cm³/mol.